The smallest absolute Gasteiger partial charge is 0.0568 e. The van der Waals surface area contributed by atoms with Crippen molar-refractivity contribution in [2.24, 2.45) is 5.10 Å². The highest BCUT2D eigenvalue weighted by molar-refractivity contribution is 6.00. The molecule has 3 heteroatoms. The summed E-state index contributed by atoms with van der Waals surface area (Å²) in [6.07, 6.45) is 1.86. The van der Waals surface area contributed by atoms with Crippen LogP contribution in [0.15, 0.2) is 59.7 Å². The van der Waals surface area contributed by atoms with Crippen LogP contribution in [0.25, 0.3) is 10.9 Å². The molecule has 0 aliphatic heterocycles. The fourth-order valence-electron chi connectivity index (χ4n) is 2.15. The molecule has 3 rings (SSSR count). The van der Waals surface area contributed by atoms with Crippen molar-refractivity contribution >= 4 is 22.8 Å². The van der Waals surface area contributed by atoms with E-state index in [0.717, 1.165) is 22.5 Å². The second-order valence-electron chi connectivity index (χ2n) is 4.45. The molecule has 3 aromatic rings. The second-order valence-corrected chi connectivity index (χ2v) is 4.45. The SMILES string of the molecule is Cc1[nH]c2ccccc2c1/C=N\Nc1ccccc1. The number of H-pyrrole nitrogens is 1. The van der Waals surface area contributed by atoms with Gasteiger partial charge in [0.25, 0.3) is 0 Å². The summed E-state index contributed by atoms with van der Waals surface area (Å²) in [7, 11) is 0. The predicted molar refractivity (Wildman–Crippen MR) is 80.7 cm³/mol. The Morgan fingerprint density at radius 1 is 1.00 bits per heavy atom. The Morgan fingerprint density at radius 3 is 2.58 bits per heavy atom. The zero-order valence-corrected chi connectivity index (χ0v) is 10.7. The highest BCUT2D eigenvalue weighted by atomic mass is 15.3. The normalized spacial score (nSPS) is 11.2. The topological polar surface area (TPSA) is 40.2 Å². The Kier molecular flexibility index (Phi) is 3.02. The molecular weight excluding hydrogens is 234 g/mol. The van der Waals surface area contributed by atoms with Gasteiger partial charge in [-0.25, -0.2) is 0 Å². The van der Waals surface area contributed by atoms with Gasteiger partial charge in [0.2, 0.25) is 0 Å². The molecule has 0 spiro atoms. The summed E-state index contributed by atoms with van der Waals surface area (Å²) in [5.74, 6) is 0. The molecule has 19 heavy (non-hydrogen) atoms. The average molecular weight is 249 g/mol. The number of fused-ring (bicyclic) bond motifs is 1. The minimum Gasteiger partial charge on any atom is -0.358 e. The van der Waals surface area contributed by atoms with E-state index < -0.39 is 0 Å². The number of aromatic amines is 1. The first-order valence-corrected chi connectivity index (χ1v) is 6.26. The van der Waals surface area contributed by atoms with E-state index in [-0.39, 0.29) is 0 Å². The molecule has 0 aliphatic carbocycles. The van der Waals surface area contributed by atoms with Crippen molar-refractivity contribution in [2.75, 3.05) is 5.43 Å². The Labute approximate surface area is 112 Å². The highest BCUT2D eigenvalue weighted by Gasteiger charge is 2.04. The number of nitrogens with one attached hydrogen (secondary N) is 2. The average Bonchev–Trinajstić information content (AvgIpc) is 2.76. The van der Waals surface area contributed by atoms with Crippen LogP contribution in [-0.4, -0.2) is 11.2 Å². The van der Waals surface area contributed by atoms with Gasteiger partial charge in [-0.1, -0.05) is 36.4 Å². The van der Waals surface area contributed by atoms with E-state index in [1.165, 1.54) is 5.39 Å². The van der Waals surface area contributed by atoms with Crippen molar-refractivity contribution in [3.63, 3.8) is 0 Å². The summed E-state index contributed by atoms with van der Waals surface area (Å²) >= 11 is 0. The minimum atomic E-state index is 0.983. The van der Waals surface area contributed by atoms with Gasteiger partial charge in [-0.15, -0.1) is 0 Å². The van der Waals surface area contributed by atoms with Crippen molar-refractivity contribution in [2.45, 2.75) is 6.92 Å². The molecule has 0 amide bonds. The molecule has 0 saturated carbocycles. The number of para-hydroxylation sites is 2. The lowest BCUT2D eigenvalue weighted by molar-refractivity contribution is 1.28. The fraction of sp³-hybridized carbons (Fsp3) is 0.0625. The van der Waals surface area contributed by atoms with Gasteiger partial charge in [0.05, 0.1) is 11.9 Å². The van der Waals surface area contributed by atoms with Gasteiger partial charge in [-0.3, -0.25) is 5.43 Å². The molecule has 0 saturated heterocycles. The van der Waals surface area contributed by atoms with Gasteiger partial charge < -0.3 is 4.98 Å². The van der Waals surface area contributed by atoms with Crippen LogP contribution in [0.1, 0.15) is 11.3 Å². The monoisotopic (exact) mass is 249 g/mol. The Balaban J connectivity index is 1.87. The first-order valence-electron chi connectivity index (χ1n) is 6.26. The number of hydrogen-bond donors (Lipinski definition) is 2. The van der Waals surface area contributed by atoms with Gasteiger partial charge in [0.15, 0.2) is 0 Å². The molecule has 2 aromatic carbocycles. The molecule has 0 radical (unpaired) electrons. The van der Waals surface area contributed by atoms with Crippen LogP contribution >= 0.6 is 0 Å². The molecule has 3 nitrogen and oxygen atoms in total. The maximum absolute atomic E-state index is 4.30. The van der Waals surface area contributed by atoms with Crippen LogP contribution in [0.5, 0.6) is 0 Å². The van der Waals surface area contributed by atoms with Crippen LogP contribution < -0.4 is 5.43 Å². The van der Waals surface area contributed by atoms with Crippen molar-refractivity contribution in [3.8, 4) is 0 Å². The lowest BCUT2D eigenvalue weighted by Gasteiger charge is -1.98. The summed E-state index contributed by atoms with van der Waals surface area (Å²) in [6, 6.07) is 18.2. The van der Waals surface area contributed by atoms with Gasteiger partial charge in [0, 0.05) is 22.2 Å². The molecule has 0 atom stereocenters. The number of nitrogens with zero attached hydrogens (tertiary/aromatic N) is 1. The Hall–Kier alpha value is -2.55. The molecule has 0 unspecified atom stereocenters. The Bertz CT molecular complexity index is 711. The van der Waals surface area contributed by atoms with Crippen LogP contribution in [0.3, 0.4) is 0 Å². The lowest BCUT2D eigenvalue weighted by Crippen LogP contribution is -1.90. The molecule has 1 aromatic heterocycles. The summed E-state index contributed by atoms with van der Waals surface area (Å²) in [5.41, 5.74) is 7.40. The quantitative estimate of drug-likeness (QED) is 0.536. The number of rotatable bonds is 3. The second kappa shape index (κ2) is 4.98. The molecule has 94 valence electrons. The summed E-state index contributed by atoms with van der Waals surface area (Å²) < 4.78 is 0. The van der Waals surface area contributed by atoms with Gasteiger partial charge in [-0.05, 0) is 25.1 Å². The van der Waals surface area contributed by atoms with E-state index in [1.54, 1.807) is 0 Å². The minimum absolute atomic E-state index is 0.983. The number of aryl methyl sites for hydroxylation is 1. The maximum Gasteiger partial charge on any atom is 0.0568 e. The van der Waals surface area contributed by atoms with Crippen molar-refractivity contribution in [1.29, 1.82) is 0 Å². The number of hydrogen-bond acceptors (Lipinski definition) is 2. The standard InChI is InChI=1S/C16H15N3/c1-12-15(14-9-5-6-10-16(14)18-12)11-17-19-13-7-3-2-4-8-13/h2-11,18-19H,1H3/b17-11-. The molecule has 0 fully saturated rings. The third kappa shape index (κ3) is 2.36. The summed E-state index contributed by atoms with van der Waals surface area (Å²) in [6.45, 7) is 2.06. The lowest BCUT2D eigenvalue weighted by atomic mass is 10.1. The molecule has 0 aliphatic rings. The van der Waals surface area contributed by atoms with Crippen LogP contribution in [0.2, 0.25) is 0 Å². The van der Waals surface area contributed by atoms with Gasteiger partial charge in [0.1, 0.15) is 0 Å². The van der Waals surface area contributed by atoms with E-state index in [2.05, 4.69) is 34.6 Å². The number of hydrazone groups is 1. The van der Waals surface area contributed by atoms with Gasteiger partial charge in [-0.2, -0.15) is 5.10 Å². The fourth-order valence-corrected chi connectivity index (χ4v) is 2.15. The van der Waals surface area contributed by atoms with E-state index >= 15 is 0 Å². The van der Waals surface area contributed by atoms with E-state index in [4.69, 9.17) is 0 Å². The third-order valence-corrected chi connectivity index (χ3v) is 3.10. The van der Waals surface area contributed by atoms with Crippen LogP contribution in [0, 0.1) is 6.92 Å². The van der Waals surface area contributed by atoms with Crippen molar-refractivity contribution in [3.05, 3.63) is 65.9 Å². The first-order chi connectivity index (χ1) is 9.34. The summed E-state index contributed by atoms with van der Waals surface area (Å²) in [5, 5.41) is 5.49. The predicted octanol–water partition coefficient (Wildman–Crippen LogP) is 3.92. The zero-order valence-electron chi connectivity index (χ0n) is 10.7. The molecule has 0 bridgehead atoms. The maximum atomic E-state index is 4.30. The third-order valence-electron chi connectivity index (χ3n) is 3.10. The largest absolute Gasteiger partial charge is 0.358 e. The Morgan fingerprint density at radius 2 is 1.74 bits per heavy atom. The van der Waals surface area contributed by atoms with E-state index in [0.29, 0.717) is 0 Å². The molecule has 2 N–H and O–H groups in total. The molecule has 1 heterocycles. The number of aromatic nitrogens is 1. The number of anilines is 1. The molecular formula is C16H15N3. The van der Waals surface area contributed by atoms with Crippen LogP contribution in [0.4, 0.5) is 5.69 Å². The number of benzene rings is 2. The van der Waals surface area contributed by atoms with Crippen molar-refractivity contribution in [1.82, 2.24) is 4.98 Å². The van der Waals surface area contributed by atoms with Gasteiger partial charge >= 0.3 is 0 Å². The van der Waals surface area contributed by atoms with E-state index in [1.807, 2.05) is 48.7 Å². The summed E-state index contributed by atoms with van der Waals surface area (Å²) in [4.78, 5) is 3.36. The van der Waals surface area contributed by atoms with E-state index in [9.17, 15) is 0 Å². The van der Waals surface area contributed by atoms with Crippen molar-refractivity contribution < 1.29 is 0 Å². The first kappa shape index (κ1) is 11.5. The highest BCUT2D eigenvalue weighted by Crippen LogP contribution is 2.20. The van der Waals surface area contributed by atoms with Crippen LogP contribution in [-0.2, 0) is 0 Å². The zero-order chi connectivity index (χ0) is 13.1.